The minimum atomic E-state index is -0.115. The summed E-state index contributed by atoms with van der Waals surface area (Å²) in [6.07, 6.45) is 0. The van der Waals surface area contributed by atoms with Gasteiger partial charge in [0.15, 0.2) is 0 Å². The minimum absolute atomic E-state index is 0. The van der Waals surface area contributed by atoms with Crippen molar-refractivity contribution < 1.29 is 9.53 Å². The van der Waals surface area contributed by atoms with Crippen LogP contribution >= 0.6 is 24.0 Å². The number of rotatable bonds is 6. The second-order valence-electron chi connectivity index (χ2n) is 4.42. The fraction of sp³-hybridized carbons (Fsp3) is 0.462. The van der Waals surface area contributed by atoms with Crippen molar-refractivity contribution >= 4 is 35.6 Å². The van der Waals surface area contributed by atoms with E-state index in [1.807, 2.05) is 0 Å². The smallest absolute Gasteiger partial charge is 0.238 e. The summed E-state index contributed by atoms with van der Waals surface area (Å²) in [6, 6.07) is 5.10. The number of carbonyl (C=O) groups is 1. The van der Waals surface area contributed by atoms with Gasteiger partial charge in [-0.05, 0) is 30.7 Å². The van der Waals surface area contributed by atoms with Gasteiger partial charge < -0.3 is 15.4 Å². The summed E-state index contributed by atoms with van der Waals surface area (Å²) in [5, 5.41) is 6.39. The Hall–Kier alpha value is -0.970. The first-order valence-corrected chi connectivity index (χ1v) is 6.25. The molecule has 0 heterocycles. The number of nitrogens with one attached hydrogen (secondary N) is 2. The molecule has 1 aromatic carbocycles. The Morgan fingerprint density at radius 1 is 1.42 bits per heavy atom. The van der Waals surface area contributed by atoms with Crippen LogP contribution < -0.4 is 15.4 Å². The number of hydrogen-bond donors (Lipinski definition) is 2. The quantitative estimate of drug-likeness (QED) is 0.849. The van der Waals surface area contributed by atoms with E-state index in [1.54, 1.807) is 25.3 Å². The van der Waals surface area contributed by atoms with Gasteiger partial charge >= 0.3 is 0 Å². The third-order valence-electron chi connectivity index (χ3n) is 2.27. The molecule has 0 atom stereocenters. The topological polar surface area (TPSA) is 50.4 Å². The Balaban J connectivity index is 0.00000324. The van der Waals surface area contributed by atoms with Crippen molar-refractivity contribution in [2.75, 3.05) is 25.5 Å². The number of carbonyl (C=O) groups excluding carboxylic acids is 1. The summed E-state index contributed by atoms with van der Waals surface area (Å²) in [5.74, 6) is 0.992. The van der Waals surface area contributed by atoms with Crippen LogP contribution in [-0.2, 0) is 4.79 Å². The van der Waals surface area contributed by atoms with Crippen LogP contribution in [0, 0.1) is 5.92 Å². The van der Waals surface area contributed by atoms with Crippen LogP contribution in [0.4, 0.5) is 5.69 Å². The molecular formula is C13H20Cl2N2O2. The van der Waals surface area contributed by atoms with Crippen molar-refractivity contribution in [1.82, 2.24) is 5.32 Å². The molecule has 4 nitrogen and oxygen atoms in total. The highest BCUT2D eigenvalue weighted by Crippen LogP contribution is 2.27. The molecule has 1 aromatic rings. The number of methoxy groups -OCH3 is 1. The molecule has 0 saturated carbocycles. The number of benzene rings is 1. The van der Waals surface area contributed by atoms with Gasteiger partial charge in [-0.25, -0.2) is 0 Å². The first-order valence-electron chi connectivity index (χ1n) is 5.87. The number of halogens is 2. The van der Waals surface area contributed by atoms with E-state index in [0.29, 0.717) is 22.4 Å². The molecule has 0 saturated heterocycles. The van der Waals surface area contributed by atoms with Gasteiger partial charge in [0.1, 0.15) is 5.75 Å². The SMILES string of the molecule is COc1ccc(Cl)cc1NC(=O)CNCC(C)C.Cl. The number of ether oxygens (including phenoxy) is 1. The molecule has 2 N–H and O–H groups in total. The van der Waals surface area contributed by atoms with Gasteiger partial charge in [0.2, 0.25) is 5.91 Å². The van der Waals surface area contributed by atoms with E-state index in [2.05, 4.69) is 24.5 Å². The Morgan fingerprint density at radius 3 is 2.68 bits per heavy atom. The van der Waals surface area contributed by atoms with Crippen molar-refractivity contribution in [3.63, 3.8) is 0 Å². The van der Waals surface area contributed by atoms with Crippen LogP contribution in [-0.4, -0.2) is 26.1 Å². The van der Waals surface area contributed by atoms with Gasteiger partial charge in [0, 0.05) is 5.02 Å². The van der Waals surface area contributed by atoms with Crippen LogP contribution in [0.25, 0.3) is 0 Å². The lowest BCUT2D eigenvalue weighted by Gasteiger charge is -2.11. The molecule has 6 heteroatoms. The second-order valence-corrected chi connectivity index (χ2v) is 4.85. The number of hydrogen-bond acceptors (Lipinski definition) is 3. The summed E-state index contributed by atoms with van der Waals surface area (Å²) in [5.41, 5.74) is 0.585. The van der Waals surface area contributed by atoms with Gasteiger partial charge in [-0.15, -0.1) is 12.4 Å². The molecule has 0 unspecified atom stereocenters. The third-order valence-corrected chi connectivity index (χ3v) is 2.51. The molecule has 0 fully saturated rings. The molecule has 0 spiro atoms. The summed E-state index contributed by atoms with van der Waals surface area (Å²) in [7, 11) is 1.55. The Kier molecular flexibility index (Phi) is 8.56. The maximum Gasteiger partial charge on any atom is 0.238 e. The molecule has 0 bridgehead atoms. The van der Waals surface area contributed by atoms with Crippen LogP contribution in [0.2, 0.25) is 5.02 Å². The molecule has 19 heavy (non-hydrogen) atoms. The van der Waals surface area contributed by atoms with Gasteiger partial charge in [-0.3, -0.25) is 4.79 Å². The standard InChI is InChI=1S/C13H19ClN2O2.ClH/c1-9(2)7-15-8-13(17)16-11-6-10(14)4-5-12(11)18-3;/h4-6,9,15H,7-8H2,1-3H3,(H,16,17);1H. The van der Waals surface area contributed by atoms with Gasteiger partial charge in [0.05, 0.1) is 19.3 Å². The predicted molar refractivity (Wildman–Crippen MR) is 81.6 cm³/mol. The molecule has 0 radical (unpaired) electrons. The average Bonchev–Trinajstić information content (AvgIpc) is 2.28. The molecule has 0 aliphatic rings. The normalized spacial score (nSPS) is 9.95. The molecule has 108 valence electrons. The summed E-state index contributed by atoms with van der Waals surface area (Å²) < 4.78 is 5.15. The molecule has 1 amide bonds. The lowest BCUT2D eigenvalue weighted by Crippen LogP contribution is -2.30. The third kappa shape index (κ3) is 6.66. The summed E-state index contributed by atoms with van der Waals surface area (Å²) in [6.45, 7) is 5.25. The van der Waals surface area contributed by atoms with Crippen molar-refractivity contribution in [2.45, 2.75) is 13.8 Å². The van der Waals surface area contributed by atoms with Crippen LogP contribution in [0.1, 0.15) is 13.8 Å². The first kappa shape index (κ1) is 18.0. The highest BCUT2D eigenvalue weighted by molar-refractivity contribution is 6.31. The van der Waals surface area contributed by atoms with Crippen molar-refractivity contribution in [3.05, 3.63) is 23.2 Å². The van der Waals surface area contributed by atoms with Gasteiger partial charge in [-0.2, -0.15) is 0 Å². The minimum Gasteiger partial charge on any atom is -0.495 e. The highest BCUT2D eigenvalue weighted by Gasteiger charge is 2.08. The zero-order valence-electron chi connectivity index (χ0n) is 11.3. The molecule has 1 rings (SSSR count). The monoisotopic (exact) mass is 306 g/mol. The van der Waals surface area contributed by atoms with Gasteiger partial charge in [0.25, 0.3) is 0 Å². The zero-order valence-corrected chi connectivity index (χ0v) is 12.9. The van der Waals surface area contributed by atoms with E-state index in [1.165, 1.54) is 0 Å². The second kappa shape index (κ2) is 9.02. The Labute approximate surface area is 125 Å². The number of anilines is 1. The van der Waals surface area contributed by atoms with E-state index < -0.39 is 0 Å². The summed E-state index contributed by atoms with van der Waals surface area (Å²) in [4.78, 5) is 11.7. The lowest BCUT2D eigenvalue weighted by atomic mass is 10.2. The fourth-order valence-corrected chi connectivity index (χ4v) is 1.62. The van der Waals surface area contributed by atoms with Crippen molar-refractivity contribution in [3.8, 4) is 5.75 Å². The maximum absolute atomic E-state index is 11.7. The maximum atomic E-state index is 11.7. The van der Waals surface area contributed by atoms with E-state index in [0.717, 1.165) is 6.54 Å². The molecule has 0 aromatic heterocycles. The predicted octanol–water partition coefficient (Wildman–Crippen LogP) is 2.95. The fourth-order valence-electron chi connectivity index (χ4n) is 1.45. The van der Waals surface area contributed by atoms with E-state index in [-0.39, 0.29) is 24.9 Å². The highest BCUT2D eigenvalue weighted by atomic mass is 35.5. The lowest BCUT2D eigenvalue weighted by molar-refractivity contribution is -0.115. The molecule has 0 aliphatic carbocycles. The van der Waals surface area contributed by atoms with E-state index in [9.17, 15) is 4.79 Å². The summed E-state index contributed by atoms with van der Waals surface area (Å²) >= 11 is 5.88. The van der Waals surface area contributed by atoms with E-state index in [4.69, 9.17) is 16.3 Å². The van der Waals surface area contributed by atoms with E-state index >= 15 is 0 Å². The van der Waals surface area contributed by atoms with Gasteiger partial charge in [-0.1, -0.05) is 25.4 Å². The Bertz CT molecular complexity index is 412. The number of amides is 1. The van der Waals surface area contributed by atoms with Crippen molar-refractivity contribution in [1.29, 1.82) is 0 Å². The zero-order chi connectivity index (χ0) is 13.5. The molecular weight excluding hydrogens is 287 g/mol. The molecule has 0 aliphatic heterocycles. The van der Waals surface area contributed by atoms with Crippen LogP contribution in [0.3, 0.4) is 0 Å². The largest absolute Gasteiger partial charge is 0.495 e. The first-order chi connectivity index (χ1) is 8.52. The van der Waals surface area contributed by atoms with Crippen LogP contribution in [0.15, 0.2) is 18.2 Å². The van der Waals surface area contributed by atoms with Crippen LogP contribution in [0.5, 0.6) is 5.75 Å². The average molecular weight is 307 g/mol. The van der Waals surface area contributed by atoms with Crippen molar-refractivity contribution in [2.24, 2.45) is 5.92 Å². The Morgan fingerprint density at radius 2 is 2.11 bits per heavy atom.